The van der Waals surface area contributed by atoms with Gasteiger partial charge in [0.25, 0.3) is 0 Å². The van der Waals surface area contributed by atoms with Gasteiger partial charge in [-0.05, 0) is 24.0 Å². The number of carbonyl (C=O) groups excluding carboxylic acids is 1. The van der Waals surface area contributed by atoms with Crippen LogP contribution in [0.15, 0.2) is 18.2 Å². The lowest BCUT2D eigenvalue weighted by Crippen LogP contribution is -2.53. The van der Waals surface area contributed by atoms with Gasteiger partial charge >= 0.3 is 6.03 Å². The van der Waals surface area contributed by atoms with E-state index in [2.05, 4.69) is 5.32 Å². The van der Waals surface area contributed by atoms with Crippen LogP contribution in [0.1, 0.15) is 30.9 Å². The molecule has 0 aromatic heterocycles. The Morgan fingerprint density at radius 1 is 1.24 bits per heavy atom. The van der Waals surface area contributed by atoms with E-state index in [4.69, 9.17) is 5.11 Å². The first-order valence-electron chi connectivity index (χ1n) is 8.23. The summed E-state index contributed by atoms with van der Waals surface area (Å²) in [6.45, 7) is 4.99. The summed E-state index contributed by atoms with van der Waals surface area (Å²) in [6, 6.07) is 3.71. The van der Waals surface area contributed by atoms with Gasteiger partial charge in [-0.1, -0.05) is 32.0 Å². The maximum Gasteiger partial charge on any atom is 0.324 e. The van der Waals surface area contributed by atoms with Gasteiger partial charge in [0.15, 0.2) is 6.23 Å². The molecule has 1 aromatic rings. The normalized spacial score (nSPS) is 24.4. The smallest absolute Gasteiger partial charge is 0.324 e. The van der Waals surface area contributed by atoms with Crippen LogP contribution in [-0.2, 0) is 0 Å². The Hall–Kier alpha value is -1.71. The van der Waals surface area contributed by atoms with Gasteiger partial charge in [-0.2, -0.15) is 0 Å². The molecule has 5 atom stereocenters. The van der Waals surface area contributed by atoms with Crippen LogP contribution in [0.3, 0.4) is 0 Å². The van der Waals surface area contributed by atoms with Crippen LogP contribution in [-0.4, -0.2) is 68.8 Å². The zero-order valence-corrected chi connectivity index (χ0v) is 14.5. The quantitative estimate of drug-likeness (QED) is 0.404. The second-order valence-corrected chi connectivity index (χ2v) is 6.66. The molecule has 1 fully saturated rings. The number of aliphatic hydroxyl groups is 5. The van der Waals surface area contributed by atoms with Crippen molar-refractivity contribution in [3.63, 3.8) is 0 Å². The van der Waals surface area contributed by atoms with Crippen molar-refractivity contribution >= 4 is 11.7 Å². The summed E-state index contributed by atoms with van der Waals surface area (Å²) in [5.41, 5.74) is 2.20. The zero-order chi connectivity index (χ0) is 18.9. The third kappa shape index (κ3) is 3.63. The van der Waals surface area contributed by atoms with Crippen molar-refractivity contribution in [1.29, 1.82) is 0 Å². The van der Waals surface area contributed by atoms with E-state index in [0.29, 0.717) is 5.69 Å². The zero-order valence-electron chi connectivity index (χ0n) is 14.5. The molecule has 0 unspecified atom stereocenters. The monoisotopic (exact) mass is 354 g/mol. The van der Waals surface area contributed by atoms with Gasteiger partial charge in [-0.3, -0.25) is 4.90 Å². The number of para-hydroxylation sites is 1. The fraction of sp³-hybridized carbons (Fsp3) is 0.588. The number of rotatable bonds is 6. The van der Waals surface area contributed by atoms with E-state index >= 15 is 0 Å². The summed E-state index contributed by atoms with van der Waals surface area (Å²) < 4.78 is 0. The van der Waals surface area contributed by atoms with Crippen LogP contribution in [0, 0.1) is 6.92 Å². The Labute approximate surface area is 146 Å². The molecular weight excluding hydrogens is 328 g/mol. The molecule has 0 bridgehead atoms. The van der Waals surface area contributed by atoms with Crippen LogP contribution in [0.4, 0.5) is 10.5 Å². The van der Waals surface area contributed by atoms with Crippen LogP contribution in [0.25, 0.3) is 0 Å². The number of hydrogen-bond acceptors (Lipinski definition) is 6. The van der Waals surface area contributed by atoms with Crippen LogP contribution >= 0.6 is 0 Å². The van der Waals surface area contributed by atoms with Crippen molar-refractivity contribution in [2.45, 2.75) is 57.3 Å². The van der Waals surface area contributed by atoms with E-state index in [1.807, 2.05) is 39.0 Å². The summed E-state index contributed by atoms with van der Waals surface area (Å²) in [4.78, 5) is 13.6. The molecule has 25 heavy (non-hydrogen) atoms. The van der Waals surface area contributed by atoms with Crippen molar-refractivity contribution in [1.82, 2.24) is 5.32 Å². The summed E-state index contributed by atoms with van der Waals surface area (Å²) in [6.07, 6.45) is -6.40. The van der Waals surface area contributed by atoms with Crippen molar-refractivity contribution in [3.05, 3.63) is 29.3 Å². The molecule has 8 nitrogen and oxygen atoms in total. The Morgan fingerprint density at radius 2 is 1.88 bits per heavy atom. The average molecular weight is 354 g/mol. The van der Waals surface area contributed by atoms with E-state index in [0.717, 1.165) is 16.0 Å². The predicted molar refractivity (Wildman–Crippen MR) is 91.2 cm³/mol. The van der Waals surface area contributed by atoms with Gasteiger partial charge in [0, 0.05) is 0 Å². The SMILES string of the molecule is Cc1cccc(C(C)C)c1N1C(=O)N[C@H]([C@H](O)[C@H](O)[C@H](O)CO)[C@H]1O. The Kier molecular flexibility index (Phi) is 6.02. The van der Waals surface area contributed by atoms with Gasteiger partial charge < -0.3 is 30.8 Å². The molecule has 1 heterocycles. The van der Waals surface area contributed by atoms with Gasteiger partial charge in [0.2, 0.25) is 0 Å². The highest BCUT2D eigenvalue weighted by atomic mass is 16.4. The lowest BCUT2D eigenvalue weighted by Gasteiger charge is -2.30. The summed E-state index contributed by atoms with van der Waals surface area (Å²) in [5.74, 6) is 0.0978. The highest BCUT2D eigenvalue weighted by molar-refractivity contribution is 5.97. The molecule has 1 aliphatic heterocycles. The van der Waals surface area contributed by atoms with Crippen molar-refractivity contribution in [3.8, 4) is 0 Å². The minimum absolute atomic E-state index is 0.0978. The molecular formula is C17H26N2O6. The molecule has 8 heteroatoms. The van der Waals surface area contributed by atoms with Gasteiger partial charge in [-0.25, -0.2) is 4.79 Å². The summed E-state index contributed by atoms with van der Waals surface area (Å²) in [5, 5.41) is 51.5. The number of amides is 2. The number of aryl methyl sites for hydroxylation is 1. The number of carbonyl (C=O) groups is 1. The lowest BCUT2D eigenvalue weighted by atomic mass is 9.96. The van der Waals surface area contributed by atoms with Gasteiger partial charge in [-0.15, -0.1) is 0 Å². The Balaban J connectivity index is 2.36. The van der Waals surface area contributed by atoms with Gasteiger partial charge in [0.05, 0.1) is 12.3 Å². The number of nitrogens with zero attached hydrogens (tertiary/aromatic N) is 1. The molecule has 6 N–H and O–H groups in total. The Bertz CT molecular complexity index is 623. The first kappa shape index (κ1) is 19.6. The number of hydrogen-bond donors (Lipinski definition) is 6. The highest BCUT2D eigenvalue weighted by Gasteiger charge is 2.46. The maximum atomic E-state index is 12.4. The van der Waals surface area contributed by atoms with E-state index < -0.39 is 43.2 Å². The maximum absolute atomic E-state index is 12.4. The number of benzene rings is 1. The molecule has 0 spiro atoms. The molecule has 2 rings (SSSR count). The number of nitrogens with one attached hydrogen (secondary N) is 1. The summed E-state index contributed by atoms with van der Waals surface area (Å²) >= 11 is 0. The standard InChI is InChI=1S/C17H26N2O6/c1-8(2)10-6-4-5-9(3)13(10)19-16(24)12(18-17(19)25)15(23)14(22)11(21)7-20/h4-6,8,11-12,14-16,20-24H,7H2,1-3H3,(H,18,25)/t11-,12-,14-,15+,16-/m1/s1. The largest absolute Gasteiger partial charge is 0.394 e. The molecule has 1 aromatic carbocycles. The van der Waals surface area contributed by atoms with Gasteiger partial charge in [0.1, 0.15) is 24.4 Å². The molecule has 0 radical (unpaired) electrons. The second kappa shape index (κ2) is 7.67. The first-order valence-corrected chi connectivity index (χ1v) is 8.23. The fourth-order valence-corrected chi connectivity index (χ4v) is 3.09. The Morgan fingerprint density at radius 3 is 2.44 bits per heavy atom. The minimum atomic E-state index is -1.72. The molecule has 1 saturated heterocycles. The van der Waals surface area contributed by atoms with Crippen molar-refractivity contribution < 1.29 is 30.3 Å². The van der Waals surface area contributed by atoms with E-state index in [9.17, 15) is 25.2 Å². The number of aliphatic hydroxyl groups excluding tert-OH is 5. The highest BCUT2D eigenvalue weighted by Crippen LogP contribution is 2.34. The minimum Gasteiger partial charge on any atom is -0.394 e. The number of anilines is 1. The van der Waals surface area contributed by atoms with Crippen LogP contribution in [0.2, 0.25) is 0 Å². The molecule has 0 saturated carbocycles. The van der Waals surface area contributed by atoms with Crippen LogP contribution < -0.4 is 10.2 Å². The first-order chi connectivity index (χ1) is 11.7. The number of urea groups is 1. The predicted octanol–water partition coefficient (Wildman–Crippen LogP) is -0.590. The third-order valence-electron chi connectivity index (χ3n) is 4.53. The lowest BCUT2D eigenvalue weighted by molar-refractivity contribution is -0.0947. The topological polar surface area (TPSA) is 133 Å². The van der Waals surface area contributed by atoms with E-state index in [-0.39, 0.29) is 5.92 Å². The molecule has 0 aliphatic carbocycles. The second-order valence-electron chi connectivity index (χ2n) is 6.66. The van der Waals surface area contributed by atoms with Crippen molar-refractivity contribution in [2.75, 3.05) is 11.5 Å². The average Bonchev–Trinajstić information content (AvgIpc) is 2.87. The molecule has 140 valence electrons. The molecule has 1 aliphatic rings. The molecule has 2 amide bonds. The van der Waals surface area contributed by atoms with E-state index in [1.165, 1.54) is 0 Å². The third-order valence-corrected chi connectivity index (χ3v) is 4.53. The fourth-order valence-electron chi connectivity index (χ4n) is 3.09. The van der Waals surface area contributed by atoms with Crippen molar-refractivity contribution in [2.24, 2.45) is 0 Å². The summed E-state index contributed by atoms with van der Waals surface area (Å²) in [7, 11) is 0. The van der Waals surface area contributed by atoms with E-state index in [1.54, 1.807) is 0 Å². The van der Waals surface area contributed by atoms with Crippen LogP contribution in [0.5, 0.6) is 0 Å².